The summed E-state index contributed by atoms with van der Waals surface area (Å²) in [5, 5.41) is 0. The molecule has 0 spiro atoms. The smallest absolute Gasteiger partial charge is 0.308 e. The number of carbonyl (C=O) groups is 2. The van der Waals surface area contributed by atoms with Gasteiger partial charge in [0.1, 0.15) is 6.61 Å². The van der Waals surface area contributed by atoms with Crippen molar-refractivity contribution in [3.05, 3.63) is 35.9 Å². The summed E-state index contributed by atoms with van der Waals surface area (Å²) >= 11 is 0. The lowest BCUT2D eigenvalue weighted by atomic mass is 9.98. The van der Waals surface area contributed by atoms with E-state index in [0.29, 0.717) is 6.29 Å². The van der Waals surface area contributed by atoms with Gasteiger partial charge in [-0.3, -0.25) is 9.59 Å². The lowest BCUT2D eigenvalue weighted by molar-refractivity contribution is -0.177. The van der Waals surface area contributed by atoms with Crippen molar-refractivity contribution in [2.45, 2.75) is 31.8 Å². The Balaban J connectivity index is 1.80. The van der Waals surface area contributed by atoms with Gasteiger partial charge in [0.25, 0.3) is 0 Å². The molecule has 1 heterocycles. The fourth-order valence-electron chi connectivity index (χ4n) is 1.88. The van der Waals surface area contributed by atoms with Gasteiger partial charge in [0, 0.05) is 0 Å². The van der Waals surface area contributed by atoms with E-state index in [2.05, 4.69) is 0 Å². The van der Waals surface area contributed by atoms with Crippen LogP contribution in [0.4, 0.5) is 0 Å². The van der Waals surface area contributed by atoms with Crippen LogP contribution in [0.15, 0.2) is 30.3 Å². The van der Waals surface area contributed by atoms with Crippen molar-refractivity contribution < 1.29 is 23.8 Å². The lowest BCUT2D eigenvalue weighted by Crippen LogP contribution is -2.22. The summed E-state index contributed by atoms with van der Waals surface area (Å²) in [5.41, 5.74) is 1.08. The molecule has 1 saturated heterocycles. The maximum absolute atomic E-state index is 11.7. The molecule has 1 aliphatic heterocycles. The van der Waals surface area contributed by atoms with Crippen LogP contribution in [0.3, 0.4) is 0 Å². The number of aldehydes is 1. The molecular weight excluding hydrogens is 248 g/mol. The Morgan fingerprint density at radius 3 is 2.84 bits per heavy atom. The number of rotatable bonds is 5. The van der Waals surface area contributed by atoms with Crippen LogP contribution < -0.4 is 0 Å². The van der Waals surface area contributed by atoms with Gasteiger partial charge < -0.3 is 14.2 Å². The topological polar surface area (TPSA) is 61.8 Å². The van der Waals surface area contributed by atoms with E-state index < -0.39 is 12.6 Å². The molecule has 2 rings (SSSR count). The molecule has 1 fully saturated rings. The predicted octanol–water partition coefficient (Wildman–Crippen LogP) is 1.62. The van der Waals surface area contributed by atoms with Gasteiger partial charge in [0.05, 0.1) is 6.42 Å². The zero-order valence-electron chi connectivity index (χ0n) is 10.7. The number of hydrogen-bond acceptors (Lipinski definition) is 5. The third-order valence-corrected chi connectivity index (χ3v) is 2.90. The molecule has 0 amide bonds. The van der Waals surface area contributed by atoms with E-state index in [1.54, 1.807) is 0 Å². The van der Waals surface area contributed by atoms with Crippen molar-refractivity contribution >= 4 is 12.3 Å². The van der Waals surface area contributed by atoms with Crippen LogP contribution in [0, 0.1) is 0 Å². The minimum Gasteiger partial charge on any atom is -0.433 e. The Morgan fingerprint density at radius 2 is 2.21 bits per heavy atom. The van der Waals surface area contributed by atoms with Crippen LogP contribution in [0.2, 0.25) is 0 Å². The first kappa shape index (κ1) is 13.7. The zero-order chi connectivity index (χ0) is 13.7. The molecule has 5 nitrogen and oxygen atoms in total. The van der Waals surface area contributed by atoms with Gasteiger partial charge >= 0.3 is 5.97 Å². The van der Waals surface area contributed by atoms with Crippen molar-refractivity contribution in [2.24, 2.45) is 0 Å². The van der Waals surface area contributed by atoms with Crippen molar-refractivity contribution in [1.29, 1.82) is 0 Å². The number of carbonyl (C=O) groups excluding carboxylic acids is 2. The number of ether oxygens (including phenoxy) is 3. The molecule has 0 N–H and O–H groups in total. The SMILES string of the molecule is CC(CC(=O)OC1COC(C=O)O1)c1ccccc1. The van der Waals surface area contributed by atoms with Crippen LogP contribution in [0.1, 0.15) is 24.8 Å². The minimum atomic E-state index is -0.927. The Labute approximate surface area is 111 Å². The highest BCUT2D eigenvalue weighted by molar-refractivity contribution is 5.70. The maximum Gasteiger partial charge on any atom is 0.308 e. The van der Waals surface area contributed by atoms with E-state index in [1.807, 2.05) is 37.3 Å². The number of esters is 1. The average Bonchev–Trinajstić information content (AvgIpc) is 2.87. The molecule has 3 unspecified atom stereocenters. The van der Waals surface area contributed by atoms with E-state index in [1.165, 1.54) is 0 Å². The largest absolute Gasteiger partial charge is 0.433 e. The lowest BCUT2D eigenvalue weighted by Gasteiger charge is -2.14. The summed E-state index contributed by atoms with van der Waals surface area (Å²) in [4.78, 5) is 22.1. The van der Waals surface area contributed by atoms with E-state index in [4.69, 9.17) is 14.2 Å². The van der Waals surface area contributed by atoms with Crippen LogP contribution in [0.25, 0.3) is 0 Å². The molecule has 102 valence electrons. The molecule has 5 heteroatoms. The second-order valence-electron chi connectivity index (χ2n) is 4.41. The van der Waals surface area contributed by atoms with Gasteiger partial charge in [-0.15, -0.1) is 0 Å². The Kier molecular flexibility index (Phi) is 4.65. The summed E-state index contributed by atoms with van der Waals surface area (Å²) in [6.07, 6.45) is -0.925. The van der Waals surface area contributed by atoms with Gasteiger partial charge in [-0.05, 0) is 11.5 Å². The molecule has 0 bridgehead atoms. The average molecular weight is 264 g/mol. The van der Waals surface area contributed by atoms with E-state index in [0.717, 1.165) is 5.56 Å². The molecule has 1 aromatic rings. The summed E-state index contributed by atoms with van der Waals surface area (Å²) in [6, 6.07) is 9.72. The third kappa shape index (κ3) is 3.87. The molecule has 0 saturated carbocycles. The molecule has 1 aliphatic rings. The third-order valence-electron chi connectivity index (χ3n) is 2.90. The van der Waals surface area contributed by atoms with Gasteiger partial charge in [-0.25, -0.2) is 0 Å². The normalized spacial score (nSPS) is 23.8. The first-order chi connectivity index (χ1) is 9.19. The summed E-state index contributed by atoms with van der Waals surface area (Å²) < 4.78 is 15.1. The van der Waals surface area contributed by atoms with Crippen LogP contribution >= 0.6 is 0 Å². The second-order valence-corrected chi connectivity index (χ2v) is 4.41. The van der Waals surface area contributed by atoms with Crippen LogP contribution in [-0.2, 0) is 23.8 Å². The number of hydrogen-bond donors (Lipinski definition) is 0. The molecular formula is C14H16O5. The monoisotopic (exact) mass is 264 g/mol. The van der Waals surface area contributed by atoms with Gasteiger partial charge in [-0.1, -0.05) is 37.3 Å². The summed E-state index contributed by atoms with van der Waals surface area (Å²) in [6.45, 7) is 2.05. The quantitative estimate of drug-likeness (QED) is 0.597. The van der Waals surface area contributed by atoms with Crippen molar-refractivity contribution in [2.75, 3.05) is 6.61 Å². The molecule has 0 aliphatic carbocycles. The fourth-order valence-corrected chi connectivity index (χ4v) is 1.88. The first-order valence-electron chi connectivity index (χ1n) is 6.16. The van der Waals surface area contributed by atoms with Crippen molar-refractivity contribution in [1.82, 2.24) is 0 Å². The Hall–Kier alpha value is -1.72. The number of benzene rings is 1. The molecule has 3 atom stereocenters. The van der Waals surface area contributed by atoms with E-state index in [-0.39, 0.29) is 24.9 Å². The Morgan fingerprint density at radius 1 is 1.47 bits per heavy atom. The van der Waals surface area contributed by atoms with Gasteiger partial charge in [0.15, 0.2) is 6.29 Å². The second kappa shape index (κ2) is 6.45. The standard InChI is InChI=1S/C14H16O5/c1-10(11-5-3-2-4-6-11)7-12(16)18-14-9-17-13(8-15)19-14/h2-6,8,10,13-14H,7,9H2,1H3. The van der Waals surface area contributed by atoms with Gasteiger partial charge in [0.2, 0.25) is 12.6 Å². The van der Waals surface area contributed by atoms with Crippen molar-refractivity contribution in [3.63, 3.8) is 0 Å². The molecule has 0 aromatic heterocycles. The molecule has 1 aromatic carbocycles. The maximum atomic E-state index is 11.7. The summed E-state index contributed by atoms with van der Waals surface area (Å²) in [7, 11) is 0. The highest BCUT2D eigenvalue weighted by atomic mass is 16.8. The summed E-state index contributed by atoms with van der Waals surface area (Å²) in [5.74, 6) is -0.297. The van der Waals surface area contributed by atoms with E-state index >= 15 is 0 Å². The van der Waals surface area contributed by atoms with E-state index in [9.17, 15) is 9.59 Å². The fraction of sp³-hybridized carbons (Fsp3) is 0.429. The Bertz CT molecular complexity index is 431. The molecule has 19 heavy (non-hydrogen) atoms. The molecule has 0 radical (unpaired) electrons. The highest BCUT2D eigenvalue weighted by Gasteiger charge is 2.28. The zero-order valence-corrected chi connectivity index (χ0v) is 10.7. The van der Waals surface area contributed by atoms with Gasteiger partial charge in [-0.2, -0.15) is 0 Å². The minimum absolute atomic E-state index is 0.0675. The van der Waals surface area contributed by atoms with Crippen LogP contribution in [0.5, 0.6) is 0 Å². The van der Waals surface area contributed by atoms with Crippen molar-refractivity contribution in [3.8, 4) is 0 Å². The van der Waals surface area contributed by atoms with Crippen LogP contribution in [-0.4, -0.2) is 31.4 Å². The highest BCUT2D eigenvalue weighted by Crippen LogP contribution is 2.20. The first-order valence-corrected chi connectivity index (χ1v) is 6.16. The predicted molar refractivity (Wildman–Crippen MR) is 66.2 cm³/mol.